The van der Waals surface area contributed by atoms with E-state index < -0.39 is 0 Å². The number of hydrogen-bond donors (Lipinski definition) is 0. The van der Waals surface area contributed by atoms with Crippen LogP contribution < -0.4 is 9.47 Å². The van der Waals surface area contributed by atoms with Crippen molar-refractivity contribution in [3.8, 4) is 11.5 Å². The fourth-order valence-corrected chi connectivity index (χ4v) is 3.65. The van der Waals surface area contributed by atoms with Crippen molar-refractivity contribution in [3.05, 3.63) is 88.2 Å². The average Bonchev–Trinajstić information content (AvgIpc) is 2.99. The molecule has 4 rings (SSSR count). The lowest BCUT2D eigenvalue weighted by Crippen LogP contribution is -2.04. The summed E-state index contributed by atoms with van der Waals surface area (Å²) < 4.78 is 13.9. The van der Waals surface area contributed by atoms with E-state index in [1.165, 1.54) is 11.3 Å². The molecule has 5 heteroatoms. The summed E-state index contributed by atoms with van der Waals surface area (Å²) in [6, 6.07) is 17.8. The second-order valence-electron chi connectivity index (χ2n) is 7.07. The number of fused-ring (bicyclic) bond motifs is 1. The molecule has 0 saturated carbocycles. The maximum absolute atomic E-state index is 6.21. The van der Waals surface area contributed by atoms with E-state index in [9.17, 15) is 0 Å². The van der Waals surface area contributed by atoms with Gasteiger partial charge in [0.05, 0.1) is 12.6 Å². The van der Waals surface area contributed by atoms with Gasteiger partial charge in [-0.1, -0.05) is 35.9 Å². The molecular weight excluding hydrogens is 384 g/mol. The first kappa shape index (κ1) is 19.3. The first-order valence-corrected chi connectivity index (χ1v) is 9.89. The smallest absolute Gasteiger partial charge is 0.147 e. The molecule has 0 aliphatic carbocycles. The standard InChI is InChI=1S/C24H23ClN2O2/c1-16-17(2)27(14-19-5-4-6-21(13-19)28-3)24-22(11-12-26-23(16)24)29-15-18-7-9-20(25)10-8-18/h4-13H,14-15H2,1-3H3. The van der Waals surface area contributed by atoms with E-state index in [0.717, 1.165) is 45.2 Å². The Morgan fingerprint density at radius 1 is 1.00 bits per heavy atom. The molecular formula is C24H23ClN2O2. The summed E-state index contributed by atoms with van der Waals surface area (Å²) >= 11 is 5.99. The minimum absolute atomic E-state index is 0.471. The van der Waals surface area contributed by atoms with Crippen molar-refractivity contribution in [2.24, 2.45) is 0 Å². The number of methoxy groups -OCH3 is 1. The van der Waals surface area contributed by atoms with Crippen LogP contribution in [0.1, 0.15) is 22.4 Å². The molecule has 2 heterocycles. The summed E-state index contributed by atoms with van der Waals surface area (Å²) in [4.78, 5) is 4.62. The maximum atomic E-state index is 6.21. The molecule has 0 N–H and O–H groups in total. The van der Waals surface area contributed by atoms with Crippen molar-refractivity contribution in [3.63, 3.8) is 0 Å². The molecule has 29 heavy (non-hydrogen) atoms. The highest BCUT2D eigenvalue weighted by molar-refractivity contribution is 6.30. The molecule has 0 aliphatic heterocycles. The maximum Gasteiger partial charge on any atom is 0.147 e. The van der Waals surface area contributed by atoms with Gasteiger partial charge in [-0.15, -0.1) is 0 Å². The van der Waals surface area contributed by atoms with Crippen molar-refractivity contribution in [2.45, 2.75) is 27.0 Å². The lowest BCUT2D eigenvalue weighted by Gasteiger charge is -2.13. The highest BCUT2D eigenvalue weighted by Crippen LogP contribution is 2.32. The van der Waals surface area contributed by atoms with Crippen LogP contribution in [0.25, 0.3) is 11.0 Å². The first-order valence-electron chi connectivity index (χ1n) is 9.51. The summed E-state index contributed by atoms with van der Waals surface area (Å²) in [5, 5.41) is 0.721. The predicted octanol–water partition coefficient (Wildman–Crippen LogP) is 5.94. The third-order valence-electron chi connectivity index (χ3n) is 5.24. The van der Waals surface area contributed by atoms with Crippen molar-refractivity contribution in [1.82, 2.24) is 9.55 Å². The SMILES string of the molecule is COc1cccc(Cn2c(C)c(C)c3nccc(OCc4ccc(Cl)cc4)c32)c1. The Bertz CT molecular complexity index is 1150. The minimum atomic E-state index is 0.471. The molecule has 0 radical (unpaired) electrons. The highest BCUT2D eigenvalue weighted by Gasteiger charge is 2.17. The summed E-state index contributed by atoms with van der Waals surface area (Å²) in [6.45, 7) is 5.42. The van der Waals surface area contributed by atoms with E-state index in [0.29, 0.717) is 6.61 Å². The van der Waals surface area contributed by atoms with Gasteiger partial charge >= 0.3 is 0 Å². The number of benzene rings is 2. The summed E-state index contributed by atoms with van der Waals surface area (Å²) in [7, 11) is 1.69. The number of halogens is 1. The average molecular weight is 407 g/mol. The molecule has 2 aromatic carbocycles. The van der Waals surface area contributed by atoms with Gasteiger partial charge in [0.1, 0.15) is 23.6 Å². The summed E-state index contributed by atoms with van der Waals surface area (Å²) in [5.74, 6) is 1.68. The largest absolute Gasteiger partial charge is 0.497 e. The Balaban J connectivity index is 1.71. The van der Waals surface area contributed by atoms with Crippen LogP contribution in [0.3, 0.4) is 0 Å². The Kier molecular flexibility index (Phi) is 5.45. The van der Waals surface area contributed by atoms with E-state index in [1.807, 2.05) is 48.7 Å². The van der Waals surface area contributed by atoms with Crippen LogP contribution in [0, 0.1) is 13.8 Å². The molecule has 0 bridgehead atoms. The molecule has 0 unspecified atom stereocenters. The van der Waals surface area contributed by atoms with Gasteiger partial charge in [0.25, 0.3) is 0 Å². The molecule has 148 valence electrons. The van der Waals surface area contributed by atoms with Crippen molar-refractivity contribution >= 4 is 22.6 Å². The van der Waals surface area contributed by atoms with Crippen molar-refractivity contribution < 1.29 is 9.47 Å². The van der Waals surface area contributed by atoms with Gasteiger partial charge in [0, 0.05) is 29.5 Å². The van der Waals surface area contributed by atoms with Gasteiger partial charge in [-0.3, -0.25) is 4.98 Å². The van der Waals surface area contributed by atoms with Crippen LogP contribution in [0.2, 0.25) is 5.02 Å². The van der Waals surface area contributed by atoms with Crippen LogP contribution >= 0.6 is 11.6 Å². The van der Waals surface area contributed by atoms with Crippen LogP contribution in [-0.4, -0.2) is 16.7 Å². The van der Waals surface area contributed by atoms with Gasteiger partial charge in [-0.25, -0.2) is 0 Å². The predicted molar refractivity (Wildman–Crippen MR) is 117 cm³/mol. The third kappa shape index (κ3) is 3.94. The van der Waals surface area contributed by atoms with E-state index in [-0.39, 0.29) is 0 Å². The Hall–Kier alpha value is -2.98. The Morgan fingerprint density at radius 3 is 2.55 bits per heavy atom. The number of pyridine rings is 1. The van der Waals surface area contributed by atoms with E-state index in [1.54, 1.807) is 7.11 Å². The number of rotatable bonds is 6. The molecule has 4 aromatic rings. The zero-order valence-corrected chi connectivity index (χ0v) is 17.5. The van der Waals surface area contributed by atoms with Gasteiger partial charge in [-0.2, -0.15) is 0 Å². The number of nitrogens with zero attached hydrogens (tertiary/aromatic N) is 2. The summed E-state index contributed by atoms with van der Waals surface area (Å²) in [5.41, 5.74) is 6.56. The van der Waals surface area contributed by atoms with Gasteiger partial charge in [-0.05, 0) is 54.8 Å². The van der Waals surface area contributed by atoms with Crippen molar-refractivity contribution in [1.29, 1.82) is 0 Å². The second-order valence-corrected chi connectivity index (χ2v) is 7.51. The van der Waals surface area contributed by atoms with E-state index in [2.05, 4.69) is 35.5 Å². The number of aryl methyl sites for hydroxylation is 1. The molecule has 0 amide bonds. The zero-order valence-electron chi connectivity index (χ0n) is 16.8. The minimum Gasteiger partial charge on any atom is -0.497 e. The van der Waals surface area contributed by atoms with Crippen molar-refractivity contribution in [2.75, 3.05) is 7.11 Å². The zero-order chi connectivity index (χ0) is 20.4. The lowest BCUT2D eigenvalue weighted by molar-refractivity contribution is 0.308. The third-order valence-corrected chi connectivity index (χ3v) is 5.49. The van der Waals surface area contributed by atoms with Crippen LogP contribution in [-0.2, 0) is 13.2 Å². The first-order chi connectivity index (χ1) is 14.1. The Labute approximate surface area is 175 Å². The normalized spacial score (nSPS) is 11.0. The number of ether oxygens (including phenoxy) is 2. The molecule has 0 fully saturated rings. The summed E-state index contributed by atoms with van der Waals surface area (Å²) in [6.07, 6.45) is 1.81. The van der Waals surface area contributed by atoms with Crippen LogP contribution in [0.5, 0.6) is 11.5 Å². The fourth-order valence-electron chi connectivity index (χ4n) is 3.52. The fraction of sp³-hybridized carbons (Fsp3) is 0.208. The molecule has 0 aliphatic rings. The molecule has 0 spiro atoms. The number of aromatic nitrogens is 2. The molecule has 2 aromatic heterocycles. The van der Waals surface area contributed by atoms with Crippen LogP contribution in [0.15, 0.2) is 60.8 Å². The Morgan fingerprint density at radius 2 is 1.79 bits per heavy atom. The highest BCUT2D eigenvalue weighted by atomic mass is 35.5. The number of hydrogen-bond acceptors (Lipinski definition) is 3. The second kappa shape index (κ2) is 8.18. The monoisotopic (exact) mass is 406 g/mol. The van der Waals surface area contributed by atoms with Gasteiger partial charge in [0.2, 0.25) is 0 Å². The molecule has 0 atom stereocenters. The quantitative estimate of drug-likeness (QED) is 0.397. The van der Waals surface area contributed by atoms with E-state index in [4.69, 9.17) is 21.1 Å². The van der Waals surface area contributed by atoms with Gasteiger partial charge < -0.3 is 14.0 Å². The van der Waals surface area contributed by atoms with Crippen LogP contribution in [0.4, 0.5) is 0 Å². The lowest BCUT2D eigenvalue weighted by atomic mass is 10.2. The molecule has 0 saturated heterocycles. The van der Waals surface area contributed by atoms with Gasteiger partial charge in [0.15, 0.2) is 0 Å². The van der Waals surface area contributed by atoms with E-state index >= 15 is 0 Å². The topological polar surface area (TPSA) is 36.3 Å². The molecule has 4 nitrogen and oxygen atoms in total.